The lowest BCUT2D eigenvalue weighted by atomic mass is 10.1. The minimum atomic E-state index is 0.596. The number of hydrogen-bond donors (Lipinski definition) is 1. The largest absolute Gasteiger partial charge is 0.477 e. The van der Waals surface area contributed by atoms with Gasteiger partial charge in [0.1, 0.15) is 0 Å². The zero-order valence-corrected chi connectivity index (χ0v) is 11.4. The summed E-state index contributed by atoms with van der Waals surface area (Å²) in [5.41, 5.74) is 2.27. The van der Waals surface area contributed by atoms with Crippen molar-refractivity contribution in [2.45, 2.75) is 40.2 Å². The van der Waals surface area contributed by atoms with Crippen LogP contribution >= 0.6 is 0 Å². The maximum absolute atomic E-state index is 5.70. The van der Waals surface area contributed by atoms with E-state index in [9.17, 15) is 0 Å². The average molecular weight is 236 g/mol. The van der Waals surface area contributed by atoms with Crippen LogP contribution in [0.5, 0.6) is 5.88 Å². The Kier molecular flexibility index (Phi) is 5.98. The molecule has 0 aliphatic heterocycles. The predicted molar refractivity (Wildman–Crippen MR) is 71.3 cm³/mol. The van der Waals surface area contributed by atoms with E-state index in [-0.39, 0.29) is 0 Å². The lowest BCUT2D eigenvalue weighted by Gasteiger charge is -2.12. The van der Waals surface area contributed by atoms with Crippen molar-refractivity contribution in [1.82, 2.24) is 10.3 Å². The van der Waals surface area contributed by atoms with Crippen LogP contribution in [-0.4, -0.2) is 18.6 Å². The monoisotopic (exact) mass is 236 g/mol. The van der Waals surface area contributed by atoms with E-state index in [1.54, 1.807) is 0 Å². The highest BCUT2D eigenvalue weighted by molar-refractivity contribution is 5.24. The van der Waals surface area contributed by atoms with Crippen molar-refractivity contribution < 1.29 is 4.74 Å². The third-order valence-corrected chi connectivity index (χ3v) is 2.83. The fourth-order valence-electron chi connectivity index (χ4n) is 1.83. The second-order valence-electron chi connectivity index (χ2n) is 4.63. The molecule has 0 amide bonds. The summed E-state index contributed by atoms with van der Waals surface area (Å²) in [7, 11) is 1.94. The van der Waals surface area contributed by atoms with Crippen LogP contribution in [-0.2, 0) is 6.54 Å². The predicted octanol–water partition coefficient (Wildman–Crippen LogP) is 2.92. The van der Waals surface area contributed by atoms with Gasteiger partial charge in [-0.2, -0.15) is 0 Å². The van der Waals surface area contributed by atoms with Gasteiger partial charge in [-0.05, 0) is 31.9 Å². The third kappa shape index (κ3) is 4.73. The fourth-order valence-corrected chi connectivity index (χ4v) is 1.83. The Morgan fingerprint density at radius 3 is 2.76 bits per heavy atom. The second-order valence-corrected chi connectivity index (χ2v) is 4.63. The van der Waals surface area contributed by atoms with Crippen LogP contribution in [0.15, 0.2) is 12.1 Å². The van der Waals surface area contributed by atoms with Crippen molar-refractivity contribution in [2.24, 2.45) is 5.92 Å². The maximum atomic E-state index is 5.70. The van der Waals surface area contributed by atoms with Crippen LogP contribution in [0, 0.1) is 12.8 Å². The molecular weight excluding hydrogens is 212 g/mol. The zero-order valence-electron chi connectivity index (χ0n) is 11.4. The summed E-state index contributed by atoms with van der Waals surface area (Å²) in [6, 6.07) is 4.04. The molecule has 1 aromatic heterocycles. The Balaban J connectivity index is 2.52. The normalized spacial score (nSPS) is 12.5. The number of nitrogens with zero attached hydrogens (tertiary/aromatic N) is 1. The molecule has 0 aliphatic carbocycles. The van der Waals surface area contributed by atoms with Crippen LogP contribution in [0.1, 0.15) is 37.9 Å². The van der Waals surface area contributed by atoms with Crippen LogP contribution in [0.25, 0.3) is 0 Å². The highest BCUT2D eigenvalue weighted by atomic mass is 16.5. The Bertz CT molecular complexity index is 339. The van der Waals surface area contributed by atoms with E-state index >= 15 is 0 Å². The van der Waals surface area contributed by atoms with Gasteiger partial charge in [0.15, 0.2) is 0 Å². The summed E-state index contributed by atoms with van der Waals surface area (Å²) in [5.74, 6) is 1.34. The quantitative estimate of drug-likeness (QED) is 0.790. The van der Waals surface area contributed by atoms with Gasteiger partial charge in [-0.3, -0.25) is 0 Å². The van der Waals surface area contributed by atoms with Gasteiger partial charge in [0, 0.05) is 18.3 Å². The van der Waals surface area contributed by atoms with Crippen LogP contribution in [0.2, 0.25) is 0 Å². The lowest BCUT2D eigenvalue weighted by Crippen LogP contribution is -2.11. The molecule has 3 nitrogen and oxygen atoms in total. The first-order valence-corrected chi connectivity index (χ1v) is 6.41. The van der Waals surface area contributed by atoms with Crippen molar-refractivity contribution in [2.75, 3.05) is 13.7 Å². The minimum absolute atomic E-state index is 0.596. The Labute approximate surface area is 105 Å². The van der Waals surface area contributed by atoms with Gasteiger partial charge in [0.05, 0.1) is 6.61 Å². The van der Waals surface area contributed by atoms with Crippen molar-refractivity contribution in [3.8, 4) is 5.88 Å². The van der Waals surface area contributed by atoms with Gasteiger partial charge in [-0.25, -0.2) is 4.98 Å². The first-order chi connectivity index (χ1) is 8.17. The van der Waals surface area contributed by atoms with Crippen molar-refractivity contribution in [3.05, 3.63) is 23.4 Å². The molecule has 0 saturated heterocycles. The molecule has 1 unspecified atom stereocenters. The molecule has 0 fully saturated rings. The smallest absolute Gasteiger partial charge is 0.213 e. The molecule has 0 aliphatic rings. The Hall–Kier alpha value is -1.09. The first kappa shape index (κ1) is 14.0. The van der Waals surface area contributed by atoms with Gasteiger partial charge >= 0.3 is 0 Å². The number of rotatable bonds is 7. The number of aromatic nitrogens is 1. The molecule has 0 aromatic carbocycles. The molecule has 1 aromatic rings. The molecule has 0 saturated carbocycles. The summed E-state index contributed by atoms with van der Waals surface area (Å²) < 4.78 is 5.70. The molecular formula is C14H24N2O. The van der Waals surface area contributed by atoms with E-state index in [2.05, 4.69) is 30.2 Å². The summed E-state index contributed by atoms with van der Waals surface area (Å²) in [4.78, 5) is 4.46. The maximum Gasteiger partial charge on any atom is 0.213 e. The highest BCUT2D eigenvalue weighted by Gasteiger charge is 2.05. The van der Waals surface area contributed by atoms with E-state index < -0.39 is 0 Å². The first-order valence-electron chi connectivity index (χ1n) is 6.41. The Morgan fingerprint density at radius 2 is 2.18 bits per heavy atom. The van der Waals surface area contributed by atoms with Gasteiger partial charge < -0.3 is 10.1 Å². The summed E-state index contributed by atoms with van der Waals surface area (Å²) in [6.07, 6.45) is 2.41. The van der Waals surface area contributed by atoms with Crippen LogP contribution in [0.3, 0.4) is 0 Å². The molecule has 0 radical (unpaired) electrons. The third-order valence-electron chi connectivity index (χ3n) is 2.83. The van der Waals surface area contributed by atoms with E-state index in [1.165, 1.54) is 18.4 Å². The molecule has 1 rings (SSSR count). The van der Waals surface area contributed by atoms with E-state index in [0.717, 1.165) is 24.7 Å². The SMILES string of the molecule is CCCC(C)COc1ccc(CNC)c(C)n1. The lowest BCUT2D eigenvalue weighted by molar-refractivity contribution is 0.242. The molecule has 0 spiro atoms. The van der Waals surface area contributed by atoms with Gasteiger partial charge in [-0.15, -0.1) is 0 Å². The molecule has 1 atom stereocenters. The summed E-state index contributed by atoms with van der Waals surface area (Å²) in [6.45, 7) is 8.04. The standard InChI is InChI=1S/C14H24N2O/c1-5-6-11(2)10-17-14-8-7-13(9-15-4)12(3)16-14/h7-8,11,15H,5-6,9-10H2,1-4H3. The van der Waals surface area contributed by atoms with E-state index in [0.29, 0.717) is 5.92 Å². The van der Waals surface area contributed by atoms with Crippen molar-refractivity contribution in [1.29, 1.82) is 0 Å². The fraction of sp³-hybridized carbons (Fsp3) is 0.643. The number of hydrogen-bond acceptors (Lipinski definition) is 3. The van der Waals surface area contributed by atoms with Gasteiger partial charge in [-0.1, -0.05) is 26.3 Å². The van der Waals surface area contributed by atoms with E-state index in [4.69, 9.17) is 4.74 Å². The molecule has 3 heteroatoms. The Morgan fingerprint density at radius 1 is 1.41 bits per heavy atom. The molecule has 1 N–H and O–H groups in total. The summed E-state index contributed by atoms with van der Waals surface area (Å²) >= 11 is 0. The van der Waals surface area contributed by atoms with E-state index in [1.807, 2.05) is 20.0 Å². The molecule has 1 heterocycles. The van der Waals surface area contributed by atoms with Crippen molar-refractivity contribution >= 4 is 0 Å². The summed E-state index contributed by atoms with van der Waals surface area (Å²) in [5, 5.41) is 3.13. The van der Waals surface area contributed by atoms with Crippen LogP contribution in [0.4, 0.5) is 0 Å². The molecule has 17 heavy (non-hydrogen) atoms. The van der Waals surface area contributed by atoms with Crippen LogP contribution < -0.4 is 10.1 Å². The number of aryl methyl sites for hydroxylation is 1. The van der Waals surface area contributed by atoms with Crippen molar-refractivity contribution in [3.63, 3.8) is 0 Å². The topological polar surface area (TPSA) is 34.1 Å². The van der Waals surface area contributed by atoms with Gasteiger partial charge in [0.2, 0.25) is 5.88 Å². The molecule has 0 bridgehead atoms. The second kappa shape index (κ2) is 7.28. The highest BCUT2D eigenvalue weighted by Crippen LogP contribution is 2.14. The number of pyridine rings is 1. The number of ether oxygens (including phenoxy) is 1. The minimum Gasteiger partial charge on any atom is -0.477 e. The van der Waals surface area contributed by atoms with Gasteiger partial charge in [0.25, 0.3) is 0 Å². The average Bonchev–Trinajstić information content (AvgIpc) is 2.30. The number of nitrogens with one attached hydrogen (secondary N) is 1. The zero-order chi connectivity index (χ0) is 12.7. The molecule has 96 valence electrons.